The second-order valence-electron chi connectivity index (χ2n) is 4.58. The van der Waals surface area contributed by atoms with Crippen molar-refractivity contribution in [2.24, 2.45) is 0 Å². The zero-order chi connectivity index (χ0) is 14.8. The fourth-order valence-corrected chi connectivity index (χ4v) is 1.89. The van der Waals surface area contributed by atoms with Crippen molar-refractivity contribution < 1.29 is 18.3 Å². The Morgan fingerprint density at radius 3 is 2.00 bits per heavy atom. The topological polar surface area (TPSA) is 46.2 Å². The van der Waals surface area contributed by atoms with Crippen molar-refractivity contribution in [1.82, 2.24) is 0 Å². The molecule has 0 amide bonds. The van der Waals surface area contributed by atoms with Gasteiger partial charge in [-0.3, -0.25) is 0 Å². The Morgan fingerprint density at radius 1 is 0.950 bits per heavy atom. The lowest BCUT2D eigenvalue weighted by atomic mass is 10.0. The van der Waals surface area contributed by atoms with Crippen molar-refractivity contribution in [3.05, 3.63) is 65.2 Å². The van der Waals surface area contributed by atoms with Gasteiger partial charge in [-0.25, -0.2) is 0 Å². The average Bonchev–Trinajstić information content (AvgIpc) is 2.39. The van der Waals surface area contributed by atoms with Crippen LogP contribution in [0.5, 0.6) is 0 Å². The first-order valence-corrected chi connectivity index (χ1v) is 6.06. The summed E-state index contributed by atoms with van der Waals surface area (Å²) in [6, 6.07) is 11.5. The summed E-state index contributed by atoms with van der Waals surface area (Å²) in [4.78, 5) is 0. The van der Waals surface area contributed by atoms with Gasteiger partial charge in [-0.2, -0.15) is 13.2 Å². The van der Waals surface area contributed by atoms with Gasteiger partial charge in [0.15, 0.2) is 0 Å². The molecule has 5 heteroatoms. The zero-order valence-electron chi connectivity index (χ0n) is 10.6. The van der Waals surface area contributed by atoms with Crippen molar-refractivity contribution in [2.75, 3.05) is 5.73 Å². The van der Waals surface area contributed by atoms with Crippen LogP contribution in [0.4, 0.5) is 18.9 Å². The Bertz CT molecular complexity index is 561. The first-order valence-electron chi connectivity index (χ1n) is 6.06. The van der Waals surface area contributed by atoms with Crippen LogP contribution in [0.3, 0.4) is 0 Å². The Morgan fingerprint density at radius 2 is 1.50 bits per heavy atom. The molecule has 0 heterocycles. The van der Waals surface area contributed by atoms with Crippen molar-refractivity contribution in [3.63, 3.8) is 0 Å². The fraction of sp³-hybridized carbons (Fsp3) is 0.200. The highest BCUT2D eigenvalue weighted by Crippen LogP contribution is 2.29. The number of aliphatic hydroxyl groups excluding tert-OH is 1. The maximum absolute atomic E-state index is 12.4. The number of benzene rings is 2. The maximum atomic E-state index is 12.4. The third-order valence-corrected chi connectivity index (χ3v) is 3.03. The summed E-state index contributed by atoms with van der Waals surface area (Å²) in [5.74, 6) is 0. The lowest BCUT2D eigenvalue weighted by Gasteiger charge is -2.12. The molecule has 0 spiro atoms. The standard InChI is InChI=1S/C15H14F3NO/c16-15(17,18)12-5-1-10(2-6-12)9-14(20)11-3-7-13(19)8-4-11/h1-8,14,20H,9,19H2. The van der Waals surface area contributed by atoms with E-state index in [1.807, 2.05) is 0 Å². The van der Waals surface area contributed by atoms with Gasteiger partial charge in [0.25, 0.3) is 0 Å². The largest absolute Gasteiger partial charge is 0.416 e. The Labute approximate surface area is 114 Å². The van der Waals surface area contributed by atoms with Crippen LogP contribution in [0.2, 0.25) is 0 Å². The summed E-state index contributed by atoms with van der Waals surface area (Å²) in [6.07, 6.45) is -4.86. The number of alkyl halides is 3. The smallest absolute Gasteiger partial charge is 0.399 e. The second kappa shape index (κ2) is 5.54. The first kappa shape index (κ1) is 14.4. The molecule has 0 aliphatic rings. The number of hydrogen-bond acceptors (Lipinski definition) is 2. The van der Waals surface area contributed by atoms with Gasteiger partial charge in [0.1, 0.15) is 0 Å². The molecule has 1 unspecified atom stereocenters. The molecule has 0 aliphatic heterocycles. The number of nitrogen functional groups attached to an aromatic ring is 1. The van der Waals surface area contributed by atoms with Crippen LogP contribution < -0.4 is 5.73 Å². The minimum atomic E-state index is -4.34. The van der Waals surface area contributed by atoms with Crippen LogP contribution >= 0.6 is 0 Å². The van der Waals surface area contributed by atoms with Crippen molar-refractivity contribution in [3.8, 4) is 0 Å². The van der Waals surface area contributed by atoms with Crippen LogP contribution in [0.15, 0.2) is 48.5 Å². The predicted octanol–water partition coefficient (Wildman–Crippen LogP) is 3.56. The quantitative estimate of drug-likeness (QED) is 0.845. The third-order valence-electron chi connectivity index (χ3n) is 3.03. The first-order chi connectivity index (χ1) is 9.36. The molecule has 20 heavy (non-hydrogen) atoms. The van der Waals surface area contributed by atoms with Gasteiger partial charge in [0, 0.05) is 12.1 Å². The molecule has 106 valence electrons. The van der Waals surface area contributed by atoms with E-state index in [0.717, 1.165) is 12.1 Å². The van der Waals surface area contributed by atoms with Gasteiger partial charge in [-0.05, 0) is 35.4 Å². The minimum Gasteiger partial charge on any atom is -0.399 e. The monoisotopic (exact) mass is 281 g/mol. The van der Waals surface area contributed by atoms with Crippen LogP contribution in [0.1, 0.15) is 22.8 Å². The van der Waals surface area contributed by atoms with Gasteiger partial charge < -0.3 is 10.8 Å². The van der Waals surface area contributed by atoms with E-state index in [9.17, 15) is 18.3 Å². The number of anilines is 1. The zero-order valence-corrected chi connectivity index (χ0v) is 10.6. The van der Waals surface area contributed by atoms with Crippen LogP contribution in [-0.4, -0.2) is 5.11 Å². The summed E-state index contributed by atoms with van der Waals surface area (Å²) >= 11 is 0. The van der Waals surface area contributed by atoms with Crippen molar-refractivity contribution in [2.45, 2.75) is 18.7 Å². The molecule has 2 nitrogen and oxygen atoms in total. The molecular weight excluding hydrogens is 267 g/mol. The van der Waals surface area contributed by atoms with Gasteiger partial charge in [0.2, 0.25) is 0 Å². The third kappa shape index (κ3) is 3.51. The lowest BCUT2D eigenvalue weighted by molar-refractivity contribution is -0.137. The van der Waals surface area contributed by atoms with E-state index >= 15 is 0 Å². The summed E-state index contributed by atoms with van der Waals surface area (Å²) < 4.78 is 37.3. The van der Waals surface area contributed by atoms with Crippen LogP contribution in [-0.2, 0) is 12.6 Å². The Kier molecular flexibility index (Phi) is 3.99. The van der Waals surface area contributed by atoms with Gasteiger partial charge >= 0.3 is 6.18 Å². The van der Waals surface area contributed by atoms with Crippen LogP contribution in [0, 0.1) is 0 Å². The molecule has 1 atom stereocenters. The molecule has 0 aliphatic carbocycles. The number of nitrogens with two attached hydrogens (primary N) is 1. The minimum absolute atomic E-state index is 0.252. The molecule has 0 saturated heterocycles. The SMILES string of the molecule is Nc1ccc(C(O)Cc2ccc(C(F)(F)F)cc2)cc1. The van der Waals surface area contributed by atoms with E-state index in [-0.39, 0.29) is 6.42 Å². The molecule has 3 N–H and O–H groups in total. The number of rotatable bonds is 3. The summed E-state index contributed by atoms with van der Waals surface area (Å²) in [7, 11) is 0. The van der Waals surface area contributed by atoms with Gasteiger partial charge in [-0.15, -0.1) is 0 Å². The fourth-order valence-electron chi connectivity index (χ4n) is 1.89. The van der Waals surface area contributed by atoms with E-state index in [4.69, 9.17) is 5.73 Å². The second-order valence-corrected chi connectivity index (χ2v) is 4.58. The molecule has 2 aromatic rings. The lowest BCUT2D eigenvalue weighted by Crippen LogP contribution is -2.06. The van der Waals surface area contributed by atoms with Crippen LogP contribution in [0.25, 0.3) is 0 Å². The molecule has 0 radical (unpaired) electrons. The van der Waals surface area contributed by atoms with Gasteiger partial charge in [0.05, 0.1) is 11.7 Å². The Balaban J connectivity index is 2.08. The highest BCUT2D eigenvalue weighted by Gasteiger charge is 2.29. The molecule has 0 fully saturated rings. The molecular formula is C15H14F3NO. The normalized spacial score (nSPS) is 13.2. The maximum Gasteiger partial charge on any atom is 0.416 e. The molecule has 0 aromatic heterocycles. The Hall–Kier alpha value is -2.01. The van der Waals surface area contributed by atoms with E-state index in [0.29, 0.717) is 16.8 Å². The van der Waals surface area contributed by atoms with E-state index in [1.54, 1.807) is 24.3 Å². The van der Waals surface area contributed by atoms with Crippen molar-refractivity contribution >= 4 is 5.69 Å². The van der Waals surface area contributed by atoms with Crippen molar-refractivity contribution in [1.29, 1.82) is 0 Å². The molecule has 2 rings (SSSR count). The van der Waals surface area contributed by atoms with Gasteiger partial charge in [-0.1, -0.05) is 24.3 Å². The number of hydrogen-bond donors (Lipinski definition) is 2. The number of aliphatic hydroxyl groups is 1. The molecule has 2 aromatic carbocycles. The average molecular weight is 281 g/mol. The van der Waals surface area contributed by atoms with E-state index in [2.05, 4.69) is 0 Å². The summed E-state index contributed by atoms with van der Waals surface area (Å²) in [5, 5.41) is 10.0. The molecule has 0 bridgehead atoms. The summed E-state index contributed by atoms with van der Waals surface area (Å²) in [6.45, 7) is 0. The highest BCUT2D eigenvalue weighted by atomic mass is 19.4. The predicted molar refractivity (Wildman–Crippen MR) is 71.0 cm³/mol. The highest BCUT2D eigenvalue weighted by molar-refractivity contribution is 5.40. The van der Waals surface area contributed by atoms with E-state index < -0.39 is 17.8 Å². The number of halogens is 3. The molecule has 0 saturated carbocycles. The van der Waals surface area contributed by atoms with E-state index in [1.165, 1.54) is 12.1 Å². The summed E-state index contributed by atoms with van der Waals surface area (Å²) in [5.41, 5.74) is 6.77.